The number of aryl methyl sites for hydroxylation is 1. The lowest BCUT2D eigenvalue weighted by Crippen LogP contribution is -1.87. The van der Waals surface area contributed by atoms with Gasteiger partial charge in [0.2, 0.25) is 0 Å². The second-order valence-corrected chi connectivity index (χ2v) is 4.19. The number of nitrogens with zero attached hydrogens (tertiary/aromatic N) is 1. The number of hydrogen-bond acceptors (Lipinski definition) is 3. The van der Waals surface area contributed by atoms with Crippen LogP contribution in [0.15, 0.2) is 29.6 Å². The summed E-state index contributed by atoms with van der Waals surface area (Å²) < 4.78 is 0. The Kier molecular flexibility index (Phi) is 3.02. The predicted octanol–water partition coefficient (Wildman–Crippen LogP) is 3.41. The summed E-state index contributed by atoms with van der Waals surface area (Å²) in [6.45, 7) is 2.13. The SMILES string of the molecule is CCc1csc(-c2cccc(NC)c2)n1. The van der Waals surface area contributed by atoms with Crippen LogP contribution in [0.2, 0.25) is 0 Å². The van der Waals surface area contributed by atoms with Gasteiger partial charge in [-0.05, 0) is 18.6 Å². The number of nitrogens with one attached hydrogen (secondary N) is 1. The Bertz CT molecular complexity index is 448. The van der Waals surface area contributed by atoms with Crippen LogP contribution in [-0.2, 0) is 6.42 Å². The van der Waals surface area contributed by atoms with E-state index in [1.165, 1.54) is 11.3 Å². The van der Waals surface area contributed by atoms with Gasteiger partial charge in [0.25, 0.3) is 0 Å². The van der Waals surface area contributed by atoms with Gasteiger partial charge in [0.05, 0.1) is 5.69 Å². The second-order valence-electron chi connectivity index (χ2n) is 3.33. The molecular formula is C12H14N2S. The zero-order valence-corrected chi connectivity index (χ0v) is 9.77. The van der Waals surface area contributed by atoms with Crippen molar-refractivity contribution in [2.75, 3.05) is 12.4 Å². The van der Waals surface area contributed by atoms with E-state index in [0.717, 1.165) is 17.1 Å². The molecule has 1 N–H and O–H groups in total. The first-order chi connectivity index (χ1) is 7.33. The van der Waals surface area contributed by atoms with Gasteiger partial charge >= 0.3 is 0 Å². The van der Waals surface area contributed by atoms with Crippen molar-refractivity contribution in [3.05, 3.63) is 35.3 Å². The lowest BCUT2D eigenvalue weighted by atomic mass is 10.2. The van der Waals surface area contributed by atoms with Crippen molar-refractivity contribution >= 4 is 17.0 Å². The molecule has 0 amide bonds. The standard InChI is InChI=1S/C12H14N2S/c1-3-10-8-15-12(14-10)9-5-4-6-11(7-9)13-2/h4-8,13H,3H2,1-2H3. The van der Waals surface area contributed by atoms with Crippen molar-refractivity contribution in [1.82, 2.24) is 4.98 Å². The fourth-order valence-corrected chi connectivity index (χ4v) is 2.31. The zero-order chi connectivity index (χ0) is 10.7. The van der Waals surface area contributed by atoms with E-state index in [4.69, 9.17) is 0 Å². The van der Waals surface area contributed by atoms with E-state index in [1.54, 1.807) is 11.3 Å². The number of rotatable bonds is 3. The van der Waals surface area contributed by atoms with E-state index in [9.17, 15) is 0 Å². The largest absolute Gasteiger partial charge is 0.388 e. The van der Waals surface area contributed by atoms with E-state index in [0.29, 0.717) is 0 Å². The molecule has 0 aliphatic heterocycles. The minimum atomic E-state index is 1.00. The molecule has 0 radical (unpaired) electrons. The van der Waals surface area contributed by atoms with Crippen LogP contribution in [0.4, 0.5) is 5.69 Å². The molecule has 0 aliphatic carbocycles. The fourth-order valence-electron chi connectivity index (χ4n) is 1.41. The van der Waals surface area contributed by atoms with Gasteiger partial charge in [-0.3, -0.25) is 0 Å². The van der Waals surface area contributed by atoms with Crippen LogP contribution in [-0.4, -0.2) is 12.0 Å². The van der Waals surface area contributed by atoms with E-state index in [2.05, 4.69) is 40.8 Å². The molecule has 0 spiro atoms. The fraction of sp³-hybridized carbons (Fsp3) is 0.250. The topological polar surface area (TPSA) is 24.9 Å². The van der Waals surface area contributed by atoms with Crippen LogP contribution in [0.1, 0.15) is 12.6 Å². The lowest BCUT2D eigenvalue weighted by molar-refractivity contribution is 1.07. The molecule has 2 aromatic rings. The molecule has 0 saturated heterocycles. The first-order valence-corrected chi connectivity index (χ1v) is 5.94. The van der Waals surface area contributed by atoms with Crippen molar-refractivity contribution in [2.45, 2.75) is 13.3 Å². The summed E-state index contributed by atoms with van der Waals surface area (Å²) in [4.78, 5) is 4.57. The van der Waals surface area contributed by atoms with Crippen LogP contribution in [0.3, 0.4) is 0 Å². The van der Waals surface area contributed by atoms with Crippen LogP contribution < -0.4 is 5.32 Å². The van der Waals surface area contributed by atoms with E-state index >= 15 is 0 Å². The molecule has 15 heavy (non-hydrogen) atoms. The summed E-state index contributed by atoms with van der Waals surface area (Å²) in [5, 5.41) is 6.36. The Morgan fingerprint density at radius 1 is 1.40 bits per heavy atom. The predicted molar refractivity (Wildman–Crippen MR) is 66.5 cm³/mol. The Morgan fingerprint density at radius 2 is 2.27 bits per heavy atom. The first kappa shape index (κ1) is 10.2. The van der Waals surface area contributed by atoms with Gasteiger partial charge in [0.15, 0.2) is 0 Å². The molecule has 0 aliphatic rings. The Labute approximate surface area is 94.0 Å². The molecule has 3 heteroatoms. The summed E-state index contributed by atoms with van der Waals surface area (Å²) in [6, 6.07) is 8.32. The maximum Gasteiger partial charge on any atom is 0.123 e. The van der Waals surface area contributed by atoms with Crippen molar-refractivity contribution < 1.29 is 0 Å². The monoisotopic (exact) mass is 218 g/mol. The van der Waals surface area contributed by atoms with E-state index in [-0.39, 0.29) is 0 Å². The summed E-state index contributed by atoms with van der Waals surface area (Å²) in [5.41, 5.74) is 3.48. The molecule has 1 aromatic carbocycles. The quantitative estimate of drug-likeness (QED) is 0.854. The summed E-state index contributed by atoms with van der Waals surface area (Å²) in [6.07, 6.45) is 1.00. The molecule has 1 aromatic heterocycles. The van der Waals surface area contributed by atoms with Crippen LogP contribution in [0.25, 0.3) is 10.6 Å². The van der Waals surface area contributed by atoms with Gasteiger partial charge in [0.1, 0.15) is 5.01 Å². The van der Waals surface area contributed by atoms with Gasteiger partial charge in [-0.2, -0.15) is 0 Å². The highest BCUT2D eigenvalue weighted by molar-refractivity contribution is 7.13. The Balaban J connectivity index is 2.35. The van der Waals surface area contributed by atoms with Crippen molar-refractivity contribution in [3.63, 3.8) is 0 Å². The van der Waals surface area contributed by atoms with Crippen LogP contribution in [0, 0.1) is 0 Å². The number of thiazole rings is 1. The van der Waals surface area contributed by atoms with Crippen LogP contribution in [0.5, 0.6) is 0 Å². The average Bonchev–Trinajstić information content (AvgIpc) is 2.78. The van der Waals surface area contributed by atoms with Crippen molar-refractivity contribution in [2.24, 2.45) is 0 Å². The van der Waals surface area contributed by atoms with Crippen LogP contribution >= 0.6 is 11.3 Å². The maximum atomic E-state index is 4.57. The summed E-state index contributed by atoms with van der Waals surface area (Å²) >= 11 is 1.71. The zero-order valence-electron chi connectivity index (χ0n) is 8.95. The minimum Gasteiger partial charge on any atom is -0.388 e. The highest BCUT2D eigenvalue weighted by Gasteiger charge is 2.03. The molecule has 0 unspecified atom stereocenters. The molecule has 0 bridgehead atoms. The Morgan fingerprint density at radius 3 is 2.93 bits per heavy atom. The molecule has 2 rings (SSSR count). The number of benzene rings is 1. The molecule has 2 nitrogen and oxygen atoms in total. The molecular weight excluding hydrogens is 204 g/mol. The smallest absolute Gasteiger partial charge is 0.123 e. The van der Waals surface area contributed by atoms with E-state index < -0.39 is 0 Å². The van der Waals surface area contributed by atoms with Gasteiger partial charge in [-0.1, -0.05) is 19.1 Å². The number of anilines is 1. The molecule has 78 valence electrons. The van der Waals surface area contributed by atoms with Crippen molar-refractivity contribution in [1.29, 1.82) is 0 Å². The maximum absolute atomic E-state index is 4.57. The van der Waals surface area contributed by atoms with Gasteiger partial charge in [0, 0.05) is 23.7 Å². The van der Waals surface area contributed by atoms with Gasteiger partial charge in [-0.15, -0.1) is 11.3 Å². The number of aromatic nitrogens is 1. The highest BCUT2D eigenvalue weighted by atomic mass is 32.1. The average molecular weight is 218 g/mol. The third-order valence-electron chi connectivity index (χ3n) is 2.31. The van der Waals surface area contributed by atoms with Gasteiger partial charge < -0.3 is 5.32 Å². The minimum absolute atomic E-state index is 1.00. The summed E-state index contributed by atoms with van der Waals surface area (Å²) in [5.74, 6) is 0. The van der Waals surface area contributed by atoms with E-state index in [1.807, 2.05) is 13.1 Å². The Hall–Kier alpha value is -1.35. The third-order valence-corrected chi connectivity index (χ3v) is 3.25. The van der Waals surface area contributed by atoms with Crippen molar-refractivity contribution in [3.8, 4) is 10.6 Å². The highest BCUT2D eigenvalue weighted by Crippen LogP contribution is 2.25. The summed E-state index contributed by atoms with van der Waals surface area (Å²) in [7, 11) is 1.93. The molecule has 0 atom stereocenters. The second kappa shape index (κ2) is 4.45. The lowest BCUT2D eigenvalue weighted by Gasteiger charge is -2.01. The number of hydrogen-bond donors (Lipinski definition) is 1. The van der Waals surface area contributed by atoms with Gasteiger partial charge in [-0.25, -0.2) is 4.98 Å². The molecule has 0 fully saturated rings. The molecule has 1 heterocycles. The first-order valence-electron chi connectivity index (χ1n) is 5.06. The third kappa shape index (κ3) is 2.18. The normalized spacial score (nSPS) is 10.3. The molecule has 0 saturated carbocycles.